The Morgan fingerprint density at radius 1 is 1.04 bits per heavy atom. The smallest absolute Gasteiger partial charge is 0.408 e. The summed E-state index contributed by atoms with van der Waals surface area (Å²) in [4.78, 5) is 25.0. The van der Waals surface area contributed by atoms with Crippen LogP contribution >= 0.6 is 0 Å². The molecule has 0 aliphatic heterocycles. The summed E-state index contributed by atoms with van der Waals surface area (Å²) in [7, 11) is 0. The maximum atomic E-state index is 12.8. The number of rotatable bonds is 4. The number of amides is 2. The predicted molar refractivity (Wildman–Crippen MR) is 98.2 cm³/mol. The highest BCUT2D eigenvalue weighted by atomic mass is 16.6. The van der Waals surface area contributed by atoms with Crippen molar-refractivity contribution < 1.29 is 14.3 Å². The van der Waals surface area contributed by atoms with Crippen molar-refractivity contribution in [2.24, 2.45) is 0 Å². The number of carbonyl (C=O) groups is 2. The largest absolute Gasteiger partial charge is 0.444 e. The summed E-state index contributed by atoms with van der Waals surface area (Å²) in [5.41, 5.74) is 0.141. The minimum absolute atomic E-state index is 0.177. The second-order valence-electron chi connectivity index (χ2n) is 7.69. The van der Waals surface area contributed by atoms with Crippen molar-refractivity contribution in [3.05, 3.63) is 35.9 Å². The summed E-state index contributed by atoms with van der Waals surface area (Å²) < 4.78 is 5.32. The van der Waals surface area contributed by atoms with Gasteiger partial charge in [0.2, 0.25) is 5.91 Å². The first-order valence-corrected chi connectivity index (χ1v) is 9.20. The fraction of sp³-hybridized carbons (Fsp3) is 0.600. The average molecular weight is 346 g/mol. The Morgan fingerprint density at radius 3 is 2.20 bits per heavy atom. The molecular weight excluding hydrogens is 316 g/mol. The number of ether oxygens (including phenoxy) is 1. The summed E-state index contributed by atoms with van der Waals surface area (Å²) in [6.45, 7) is 5.40. The van der Waals surface area contributed by atoms with Crippen LogP contribution in [0.2, 0.25) is 0 Å². The van der Waals surface area contributed by atoms with Crippen LogP contribution in [0.4, 0.5) is 4.79 Å². The van der Waals surface area contributed by atoms with Gasteiger partial charge in [-0.3, -0.25) is 4.79 Å². The lowest BCUT2D eigenvalue weighted by molar-refractivity contribution is -0.124. The fourth-order valence-corrected chi connectivity index (χ4v) is 3.08. The van der Waals surface area contributed by atoms with E-state index >= 15 is 0 Å². The molecule has 1 atom stereocenters. The maximum absolute atomic E-state index is 12.8. The lowest BCUT2D eigenvalue weighted by Gasteiger charge is -2.25. The van der Waals surface area contributed by atoms with Crippen molar-refractivity contribution in [1.82, 2.24) is 10.6 Å². The topological polar surface area (TPSA) is 67.4 Å². The highest BCUT2D eigenvalue weighted by molar-refractivity contribution is 5.87. The van der Waals surface area contributed by atoms with E-state index < -0.39 is 17.7 Å². The molecule has 0 bridgehead atoms. The first-order valence-electron chi connectivity index (χ1n) is 9.20. The summed E-state index contributed by atoms with van der Waals surface area (Å²) in [5.74, 6) is -0.177. The number of nitrogens with one attached hydrogen (secondary N) is 2. The van der Waals surface area contributed by atoms with Crippen molar-refractivity contribution in [2.45, 2.75) is 77.0 Å². The SMILES string of the molecule is CC(C)(C)OC(=O)NC(C(=O)NC1CCCCCC1)c1ccccc1. The standard InChI is InChI=1S/C20H30N2O3/c1-20(2,3)25-19(24)22-17(15-11-7-6-8-12-15)18(23)21-16-13-9-4-5-10-14-16/h6-8,11-12,16-17H,4-5,9-10,13-14H2,1-3H3,(H,21,23)(H,22,24). The number of hydrogen-bond donors (Lipinski definition) is 2. The van der Waals surface area contributed by atoms with Crippen molar-refractivity contribution in [3.8, 4) is 0 Å². The predicted octanol–water partition coefficient (Wildman–Crippen LogP) is 4.09. The molecule has 1 aromatic carbocycles. The van der Waals surface area contributed by atoms with Crippen LogP contribution in [0.5, 0.6) is 0 Å². The second kappa shape index (κ2) is 8.88. The Labute approximate surface area is 150 Å². The molecule has 5 nitrogen and oxygen atoms in total. The molecule has 1 saturated carbocycles. The van der Waals surface area contributed by atoms with E-state index in [2.05, 4.69) is 10.6 Å². The lowest BCUT2D eigenvalue weighted by Crippen LogP contribution is -2.45. The van der Waals surface area contributed by atoms with Gasteiger partial charge in [0.1, 0.15) is 11.6 Å². The summed E-state index contributed by atoms with van der Waals surface area (Å²) in [6, 6.07) is 8.72. The molecule has 5 heteroatoms. The van der Waals surface area contributed by atoms with Gasteiger partial charge in [-0.1, -0.05) is 56.0 Å². The molecule has 0 heterocycles. The van der Waals surface area contributed by atoms with Crippen LogP contribution in [0, 0.1) is 0 Å². The maximum Gasteiger partial charge on any atom is 0.408 e. The van der Waals surface area contributed by atoms with E-state index in [1.165, 1.54) is 12.8 Å². The van der Waals surface area contributed by atoms with Gasteiger partial charge in [-0.25, -0.2) is 4.79 Å². The molecule has 1 unspecified atom stereocenters. The minimum Gasteiger partial charge on any atom is -0.444 e. The van der Waals surface area contributed by atoms with Crippen molar-refractivity contribution in [3.63, 3.8) is 0 Å². The molecule has 0 radical (unpaired) electrons. The molecule has 0 spiro atoms. The van der Waals surface area contributed by atoms with Gasteiger partial charge in [0, 0.05) is 6.04 Å². The van der Waals surface area contributed by atoms with Gasteiger partial charge in [-0.2, -0.15) is 0 Å². The van der Waals surface area contributed by atoms with Gasteiger partial charge < -0.3 is 15.4 Å². The molecule has 2 rings (SSSR count). The lowest BCUT2D eigenvalue weighted by atomic mass is 10.0. The first kappa shape index (κ1) is 19.3. The minimum atomic E-state index is -0.751. The van der Waals surface area contributed by atoms with E-state index in [4.69, 9.17) is 4.74 Å². The highest BCUT2D eigenvalue weighted by Crippen LogP contribution is 2.20. The van der Waals surface area contributed by atoms with Gasteiger partial charge in [0.25, 0.3) is 0 Å². The monoisotopic (exact) mass is 346 g/mol. The molecule has 25 heavy (non-hydrogen) atoms. The first-order chi connectivity index (χ1) is 11.8. The Balaban J connectivity index is 2.08. The van der Waals surface area contributed by atoms with Crippen LogP contribution in [0.25, 0.3) is 0 Å². The van der Waals surface area contributed by atoms with E-state index in [1.54, 1.807) is 20.8 Å². The summed E-state index contributed by atoms with van der Waals surface area (Å²) in [6.07, 6.45) is 6.15. The third-order valence-corrected chi connectivity index (χ3v) is 4.26. The Morgan fingerprint density at radius 2 is 1.64 bits per heavy atom. The quantitative estimate of drug-likeness (QED) is 0.807. The van der Waals surface area contributed by atoms with E-state index in [0.717, 1.165) is 31.2 Å². The number of carbonyl (C=O) groups excluding carboxylic acids is 2. The molecule has 2 N–H and O–H groups in total. The van der Waals surface area contributed by atoms with E-state index in [0.29, 0.717) is 0 Å². The van der Waals surface area contributed by atoms with Crippen molar-refractivity contribution in [1.29, 1.82) is 0 Å². The third-order valence-electron chi connectivity index (χ3n) is 4.26. The van der Waals surface area contributed by atoms with Crippen LogP contribution in [-0.4, -0.2) is 23.6 Å². The number of benzene rings is 1. The highest BCUT2D eigenvalue weighted by Gasteiger charge is 2.27. The zero-order valence-corrected chi connectivity index (χ0v) is 15.5. The van der Waals surface area contributed by atoms with Gasteiger partial charge in [-0.15, -0.1) is 0 Å². The summed E-state index contributed by atoms with van der Waals surface area (Å²) >= 11 is 0. The molecule has 138 valence electrons. The normalized spacial score (nSPS) is 17.2. The molecule has 1 aliphatic rings. The zero-order valence-electron chi connectivity index (χ0n) is 15.5. The molecular formula is C20H30N2O3. The zero-order chi connectivity index (χ0) is 18.3. The van der Waals surface area contributed by atoms with Crippen LogP contribution < -0.4 is 10.6 Å². The van der Waals surface area contributed by atoms with Gasteiger partial charge in [0.15, 0.2) is 0 Å². The van der Waals surface area contributed by atoms with Crippen LogP contribution in [0.1, 0.15) is 70.9 Å². The van der Waals surface area contributed by atoms with Gasteiger partial charge in [-0.05, 0) is 39.2 Å². The second-order valence-corrected chi connectivity index (χ2v) is 7.69. The fourth-order valence-electron chi connectivity index (χ4n) is 3.08. The molecule has 0 aromatic heterocycles. The molecule has 1 fully saturated rings. The molecule has 0 saturated heterocycles. The molecule has 1 aliphatic carbocycles. The average Bonchev–Trinajstić information content (AvgIpc) is 2.80. The Bertz CT molecular complexity index is 558. The van der Waals surface area contributed by atoms with E-state index in [-0.39, 0.29) is 11.9 Å². The van der Waals surface area contributed by atoms with Crippen LogP contribution in [0.15, 0.2) is 30.3 Å². The van der Waals surface area contributed by atoms with E-state index in [1.807, 2.05) is 30.3 Å². The Hall–Kier alpha value is -2.04. The van der Waals surface area contributed by atoms with Gasteiger partial charge >= 0.3 is 6.09 Å². The number of alkyl carbamates (subject to hydrolysis) is 1. The van der Waals surface area contributed by atoms with Crippen molar-refractivity contribution in [2.75, 3.05) is 0 Å². The Kier molecular flexibility index (Phi) is 6.85. The van der Waals surface area contributed by atoms with Crippen molar-refractivity contribution >= 4 is 12.0 Å². The third kappa shape index (κ3) is 6.77. The van der Waals surface area contributed by atoms with Crippen LogP contribution in [0.3, 0.4) is 0 Å². The van der Waals surface area contributed by atoms with Gasteiger partial charge in [0.05, 0.1) is 0 Å². The van der Waals surface area contributed by atoms with E-state index in [9.17, 15) is 9.59 Å². The molecule has 2 amide bonds. The van der Waals surface area contributed by atoms with Crippen LogP contribution in [-0.2, 0) is 9.53 Å². The summed E-state index contributed by atoms with van der Waals surface area (Å²) in [5, 5.41) is 5.84. The molecule has 1 aromatic rings. The number of hydrogen-bond acceptors (Lipinski definition) is 3.